The number of aromatic amines is 1. The Balaban J connectivity index is 1.65. The fourth-order valence-corrected chi connectivity index (χ4v) is 2.31. The van der Waals surface area contributed by atoms with Crippen LogP contribution in [0.5, 0.6) is 0 Å². The van der Waals surface area contributed by atoms with Gasteiger partial charge in [-0.3, -0.25) is 10.4 Å². The number of aromatic nitrogens is 4. The maximum absolute atomic E-state index is 12.1. The number of anilines is 3. The van der Waals surface area contributed by atoms with E-state index in [1.807, 2.05) is 31.1 Å². The zero-order valence-corrected chi connectivity index (χ0v) is 13.4. The Hall–Kier alpha value is -3.36. The molecule has 0 spiro atoms. The van der Waals surface area contributed by atoms with Crippen molar-refractivity contribution in [2.75, 3.05) is 30.0 Å². The van der Waals surface area contributed by atoms with Crippen LogP contribution in [0.15, 0.2) is 30.6 Å². The van der Waals surface area contributed by atoms with Crippen LogP contribution >= 0.6 is 0 Å². The lowest BCUT2D eigenvalue weighted by molar-refractivity contribution is 0.251. The SMILES string of the molecule is CN(C)c1ncccc1CNC(=O)Nc1cc2[nH]nc(N)c2cn1. The van der Waals surface area contributed by atoms with Crippen LogP contribution < -0.4 is 21.3 Å². The smallest absolute Gasteiger partial charge is 0.320 e. The maximum atomic E-state index is 12.1. The second-order valence-electron chi connectivity index (χ2n) is 5.41. The highest BCUT2D eigenvalue weighted by atomic mass is 16.2. The molecule has 5 N–H and O–H groups in total. The Kier molecular flexibility index (Phi) is 4.15. The van der Waals surface area contributed by atoms with Gasteiger partial charge >= 0.3 is 6.03 Å². The van der Waals surface area contributed by atoms with E-state index >= 15 is 0 Å². The van der Waals surface area contributed by atoms with Crippen molar-refractivity contribution in [2.24, 2.45) is 0 Å². The van der Waals surface area contributed by atoms with Crippen LogP contribution in [-0.2, 0) is 6.54 Å². The summed E-state index contributed by atoms with van der Waals surface area (Å²) in [4.78, 5) is 22.4. The summed E-state index contributed by atoms with van der Waals surface area (Å²) in [7, 11) is 3.81. The highest BCUT2D eigenvalue weighted by molar-refractivity contribution is 5.93. The summed E-state index contributed by atoms with van der Waals surface area (Å²) in [5, 5.41) is 12.9. The van der Waals surface area contributed by atoms with Crippen molar-refractivity contribution in [1.29, 1.82) is 0 Å². The number of nitrogens with two attached hydrogens (primary N) is 1. The Bertz CT molecular complexity index is 873. The second kappa shape index (κ2) is 6.41. The molecule has 0 aromatic carbocycles. The molecule has 9 heteroatoms. The number of hydrogen-bond donors (Lipinski definition) is 4. The van der Waals surface area contributed by atoms with Crippen molar-refractivity contribution in [3.8, 4) is 0 Å². The van der Waals surface area contributed by atoms with Crippen LogP contribution in [-0.4, -0.2) is 40.3 Å². The van der Waals surface area contributed by atoms with Crippen molar-refractivity contribution in [1.82, 2.24) is 25.5 Å². The van der Waals surface area contributed by atoms with Gasteiger partial charge in [0.1, 0.15) is 11.6 Å². The van der Waals surface area contributed by atoms with E-state index in [1.165, 1.54) is 0 Å². The zero-order valence-electron chi connectivity index (χ0n) is 13.4. The van der Waals surface area contributed by atoms with Crippen LogP contribution in [0.2, 0.25) is 0 Å². The lowest BCUT2D eigenvalue weighted by Crippen LogP contribution is -2.29. The number of H-pyrrole nitrogens is 1. The Morgan fingerprint density at radius 3 is 3.00 bits per heavy atom. The molecule has 24 heavy (non-hydrogen) atoms. The van der Waals surface area contributed by atoms with Crippen LogP contribution in [0.25, 0.3) is 10.9 Å². The number of hydrogen-bond acceptors (Lipinski definition) is 6. The molecular weight excluding hydrogens is 308 g/mol. The molecule has 0 atom stereocenters. The summed E-state index contributed by atoms with van der Waals surface area (Å²) >= 11 is 0. The van der Waals surface area contributed by atoms with Gasteiger partial charge in [-0.1, -0.05) is 6.07 Å². The van der Waals surface area contributed by atoms with Gasteiger partial charge in [0.15, 0.2) is 5.82 Å². The summed E-state index contributed by atoms with van der Waals surface area (Å²) in [5.41, 5.74) is 7.31. The van der Waals surface area contributed by atoms with E-state index in [0.717, 1.165) is 11.4 Å². The molecule has 9 nitrogen and oxygen atoms in total. The first-order valence-corrected chi connectivity index (χ1v) is 7.30. The van der Waals surface area contributed by atoms with Crippen molar-refractivity contribution < 1.29 is 4.79 Å². The van der Waals surface area contributed by atoms with E-state index in [-0.39, 0.29) is 6.03 Å². The van der Waals surface area contributed by atoms with Crippen LogP contribution in [0, 0.1) is 0 Å². The number of nitrogens with one attached hydrogen (secondary N) is 3. The van der Waals surface area contributed by atoms with Gasteiger partial charge in [-0.05, 0) is 6.07 Å². The normalized spacial score (nSPS) is 10.6. The number of carbonyl (C=O) groups is 1. The predicted octanol–water partition coefficient (Wildman–Crippen LogP) is 1.32. The summed E-state index contributed by atoms with van der Waals surface area (Å²) in [6.07, 6.45) is 3.28. The number of amides is 2. The number of nitrogens with zero attached hydrogens (tertiary/aromatic N) is 4. The van der Waals surface area contributed by atoms with E-state index in [1.54, 1.807) is 18.5 Å². The number of carbonyl (C=O) groups excluding carboxylic acids is 1. The zero-order chi connectivity index (χ0) is 17.1. The topological polar surface area (TPSA) is 125 Å². The molecule has 0 bridgehead atoms. The first kappa shape index (κ1) is 15.5. The summed E-state index contributed by atoms with van der Waals surface area (Å²) < 4.78 is 0. The fraction of sp³-hybridized carbons (Fsp3) is 0.200. The van der Waals surface area contributed by atoms with E-state index in [9.17, 15) is 4.79 Å². The molecular formula is C15H18N8O. The van der Waals surface area contributed by atoms with Gasteiger partial charge in [0.25, 0.3) is 0 Å². The Labute approximate surface area is 138 Å². The van der Waals surface area contributed by atoms with Crippen molar-refractivity contribution in [3.05, 3.63) is 36.2 Å². The minimum atomic E-state index is -0.358. The molecule has 0 saturated carbocycles. The molecule has 124 valence electrons. The standard InChI is InChI=1S/C15H18N8O/c1-23(2)14-9(4-3-5-17-14)7-19-15(24)20-12-6-11-10(8-18-12)13(16)22-21-11/h3-6,8H,7H2,1-2H3,(H3,16,21,22)(H2,18,19,20,24). The molecule has 0 unspecified atom stereocenters. The largest absolute Gasteiger partial charge is 0.382 e. The quantitative estimate of drug-likeness (QED) is 0.573. The molecule has 3 rings (SSSR count). The lowest BCUT2D eigenvalue weighted by atomic mass is 10.2. The average Bonchev–Trinajstić information content (AvgIpc) is 2.94. The lowest BCUT2D eigenvalue weighted by Gasteiger charge is -2.16. The molecule has 0 aliphatic carbocycles. The van der Waals surface area contributed by atoms with E-state index in [2.05, 4.69) is 30.8 Å². The van der Waals surface area contributed by atoms with E-state index in [4.69, 9.17) is 5.73 Å². The van der Waals surface area contributed by atoms with Gasteiger partial charge < -0.3 is 16.0 Å². The highest BCUT2D eigenvalue weighted by Crippen LogP contribution is 2.19. The van der Waals surface area contributed by atoms with Crippen LogP contribution in [0.4, 0.5) is 22.2 Å². The van der Waals surface area contributed by atoms with Crippen molar-refractivity contribution >= 4 is 34.4 Å². The molecule has 2 amide bonds. The minimum Gasteiger partial charge on any atom is -0.382 e. The molecule has 0 saturated heterocycles. The van der Waals surface area contributed by atoms with Gasteiger partial charge in [-0.15, -0.1) is 0 Å². The maximum Gasteiger partial charge on any atom is 0.320 e. The molecule has 0 radical (unpaired) electrons. The fourth-order valence-electron chi connectivity index (χ4n) is 2.31. The summed E-state index contributed by atoms with van der Waals surface area (Å²) in [5.74, 6) is 1.59. The molecule has 3 aromatic rings. The Morgan fingerprint density at radius 2 is 2.21 bits per heavy atom. The molecule has 0 aliphatic rings. The highest BCUT2D eigenvalue weighted by Gasteiger charge is 2.09. The third-order valence-electron chi connectivity index (χ3n) is 3.45. The average molecular weight is 326 g/mol. The summed E-state index contributed by atoms with van der Waals surface area (Å²) in [6.45, 7) is 0.354. The number of nitrogen functional groups attached to an aromatic ring is 1. The number of fused-ring (bicyclic) bond motifs is 1. The molecule has 3 aromatic heterocycles. The van der Waals surface area contributed by atoms with E-state index < -0.39 is 0 Å². The summed E-state index contributed by atoms with van der Waals surface area (Å²) in [6, 6.07) is 5.07. The minimum absolute atomic E-state index is 0.354. The van der Waals surface area contributed by atoms with Gasteiger partial charge in [0.2, 0.25) is 0 Å². The first-order chi connectivity index (χ1) is 11.5. The monoisotopic (exact) mass is 326 g/mol. The van der Waals surface area contributed by atoms with Gasteiger partial charge in [-0.25, -0.2) is 14.8 Å². The second-order valence-corrected chi connectivity index (χ2v) is 5.41. The van der Waals surface area contributed by atoms with Crippen molar-refractivity contribution in [2.45, 2.75) is 6.54 Å². The number of rotatable bonds is 4. The van der Waals surface area contributed by atoms with Crippen LogP contribution in [0.1, 0.15) is 5.56 Å². The van der Waals surface area contributed by atoms with Gasteiger partial charge in [0.05, 0.1) is 10.9 Å². The number of pyridine rings is 2. The third-order valence-corrected chi connectivity index (χ3v) is 3.45. The first-order valence-electron chi connectivity index (χ1n) is 7.30. The van der Waals surface area contributed by atoms with Gasteiger partial charge in [-0.2, -0.15) is 5.10 Å². The molecule has 0 aliphatic heterocycles. The van der Waals surface area contributed by atoms with E-state index in [0.29, 0.717) is 29.1 Å². The van der Waals surface area contributed by atoms with Gasteiger partial charge in [0, 0.05) is 44.7 Å². The van der Waals surface area contributed by atoms with Crippen LogP contribution in [0.3, 0.4) is 0 Å². The predicted molar refractivity (Wildman–Crippen MR) is 92.7 cm³/mol. The third kappa shape index (κ3) is 3.19. The molecule has 0 fully saturated rings. The van der Waals surface area contributed by atoms with Crippen molar-refractivity contribution in [3.63, 3.8) is 0 Å². The number of urea groups is 1. The Morgan fingerprint density at radius 1 is 1.38 bits per heavy atom. The molecule has 3 heterocycles.